The summed E-state index contributed by atoms with van der Waals surface area (Å²) in [5.74, 6) is 0. The van der Waals surface area contributed by atoms with Crippen molar-refractivity contribution >= 4 is 77.2 Å². The maximum absolute atomic E-state index is 11.5. The van der Waals surface area contributed by atoms with Gasteiger partial charge in [-0.25, -0.2) is 9.78 Å². The van der Waals surface area contributed by atoms with Crippen LogP contribution in [0.2, 0.25) is 10.2 Å². The molecule has 18 heavy (non-hydrogen) atoms. The van der Waals surface area contributed by atoms with E-state index < -0.39 is 11.7 Å². The Morgan fingerprint density at radius 2 is 2.00 bits per heavy atom. The molecule has 8 heteroatoms. The summed E-state index contributed by atoms with van der Waals surface area (Å²) >= 11 is 15.7. The predicted molar refractivity (Wildman–Crippen MR) is 77.1 cm³/mol. The molecule has 0 aliphatic rings. The molecule has 1 rings (SSSR count). The Morgan fingerprint density at radius 1 is 1.44 bits per heavy atom. The van der Waals surface area contributed by atoms with Gasteiger partial charge in [-0.2, -0.15) is 0 Å². The van der Waals surface area contributed by atoms with Crippen molar-refractivity contribution in [2.75, 3.05) is 5.32 Å². The molecule has 0 aliphatic carbocycles. The van der Waals surface area contributed by atoms with Gasteiger partial charge in [-0.15, -0.1) is 12.6 Å². The number of nitrogens with one attached hydrogen (secondary N) is 1. The van der Waals surface area contributed by atoms with Crippen molar-refractivity contribution in [2.45, 2.75) is 31.3 Å². The van der Waals surface area contributed by atoms with E-state index in [1.54, 1.807) is 20.8 Å². The first-order valence-electron chi connectivity index (χ1n) is 4.73. The van der Waals surface area contributed by atoms with Crippen LogP contribution in [0.25, 0.3) is 0 Å². The maximum atomic E-state index is 11.5. The molecule has 0 atom stereocenters. The first kappa shape index (κ1) is 18.4. The molecule has 1 aromatic heterocycles. The Kier molecular flexibility index (Phi) is 7.36. The van der Waals surface area contributed by atoms with E-state index in [1.165, 1.54) is 6.20 Å². The van der Waals surface area contributed by atoms with Crippen LogP contribution in [0.15, 0.2) is 11.1 Å². The molecular weight excluding hydrogens is 306 g/mol. The van der Waals surface area contributed by atoms with E-state index in [0.29, 0.717) is 10.6 Å². The standard InChI is InChI=1S/C10H12Cl2N2O2S.Na/c1-10(2,3)16-9(15)14-5-4-13-8(12)6(11)7(5)17;/h4H,1-3H3,(H,13,17)(H,14,15);. The summed E-state index contributed by atoms with van der Waals surface area (Å²) in [6, 6.07) is 0. The number of pyridine rings is 1. The molecule has 0 saturated carbocycles. The summed E-state index contributed by atoms with van der Waals surface area (Å²) < 4.78 is 5.08. The first-order chi connectivity index (χ1) is 7.70. The Labute approximate surface area is 143 Å². The minimum atomic E-state index is -0.604. The second-order valence-electron chi connectivity index (χ2n) is 4.25. The van der Waals surface area contributed by atoms with Gasteiger partial charge in [0.1, 0.15) is 10.8 Å². The van der Waals surface area contributed by atoms with E-state index in [0.717, 1.165) is 0 Å². The largest absolute Gasteiger partial charge is 0.444 e. The molecule has 0 unspecified atom stereocenters. The number of hydrogen-bond acceptors (Lipinski definition) is 4. The Hall–Kier alpha value is 0.350. The van der Waals surface area contributed by atoms with E-state index in [1.807, 2.05) is 0 Å². The third-order valence-electron chi connectivity index (χ3n) is 1.59. The van der Waals surface area contributed by atoms with Crippen LogP contribution in [0, 0.1) is 0 Å². The molecule has 0 bridgehead atoms. The van der Waals surface area contributed by atoms with Crippen LogP contribution in [0.5, 0.6) is 0 Å². The van der Waals surface area contributed by atoms with Crippen LogP contribution in [0.1, 0.15) is 20.8 Å². The van der Waals surface area contributed by atoms with E-state index in [4.69, 9.17) is 27.9 Å². The molecule has 1 aromatic rings. The summed E-state index contributed by atoms with van der Waals surface area (Å²) in [7, 11) is 0. The van der Waals surface area contributed by atoms with Crippen molar-refractivity contribution in [1.29, 1.82) is 0 Å². The van der Waals surface area contributed by atoms with Gasteiger partial charge in [-0.1, -0.05) is 23.2 Å². The molecule has 0 fully saturated rings. The SMILES string of the molecule is CC(C)(C)OC(=O)Nc1cnc(Cl)c(Cl)c1S.[Na]. The number of hydrogen-bond donors (Lipinski definition) is 2. The second-order valence-corrected chi connectivity index (χ2v) is 5.44. The average Bonchev–Trinajstić information content (AvgIpc) is 2.16. The zero-order valence-electron chi connectivity index (χ0n) is 10.5. The molecule has 1 N–H and O–H groups in total. The third-order valence-corrected chi connectivity index (χ3v) is 2.93. The number of rotatable bonds is 1. The van der Waals surface area contributed by atoms with Crippen LogP contribution in [-0.2, 0) is 4.74 Å². The van der Waals surface area contributed by atoms with Gasteiger partial charge in [-0.3, -0.25) is 5.32 Å². The number of thiol groups is 1. The maximum Gasteiger partial charge on any atom is 0.412 e. The van der Waals surface area contributed by atoms with Gasteiger partial charge >= 0.3 is 6.09 Å². The minimum absolute atomic E-state index is 0. The Bertz CT molecular complexity index is 452. The van der Waals surface area contributed by atoms with E-state index in [9.17, 15) is 4.79 Å². The van der Waals surface area contributed by atoms with Crippen LogP contribution < -0.4 is 5.32 Å². The summed E-state index contributed by atoms with van der Waals surface area (Å²) in [5, 5.41) is 2.81. The third kappa shape index (κ3) is 5.55. The van der Waals surface area contributed by atoms with Gasteiger partial charge in [0.2, 0.25) is 0 Å². The van der Waals surface area contributed by atoms with Crippen molar-refractivity contribution in [3.63, 3.8) is 0 Å². The van der Waals surface area contributed by atoms with E-state index >= 15 is 0 Å². The van der Waals surface area contributed by atoms with Crippen molar-refractivity contribution in [3.8, 4) is 0 Å². The van der Waals surface area contributed by atoms with Crippen molar-refractivity contribution in [3.05, 3.63) is 16.4 Å². The van der Waals surface area contributed by atoms with Gasteiger partial charge in [0.05, 0.1) is 21.8 Å². The minimum Gasteiger partial charge on any atom is -0.444 e. The fraction of sp³-hybridized carbons (Fsp3) is 0.400. The molecule has 1 amide bonds. The topological polar surface area (TPSA) is 51.2 Å². The zero-order valence-corrected chi connectivity index (χ0v) is 15.0. The molecule has 0 spiro atoms. The quantitative estimate of drug-likeness (QED) is 0.472. The number of halogens is 2. The summed E-state index contributed by atoms with van der Waals surface area (Å²) in [6.07, 6.45) is 0.758. The van der Waals surface area contributed by atoms with Crippen molar-refractivity contribution in [2.24, 2.45) is 0 Å². The normalized spacial score (nSPS) is 10.6. The van der Waals surface area contributed by atoms with Gasteiger partial charge in [-0.05, 0) is 20.8 Å². The number of carbonyl (C=O) groups excluding carboxylic acids is 1. The smallest absolute Gasteiger partial charge is 0.412 e. The van der Waals surface area contributed by atoms with Crippen molar-refractivity contribution in [1.82, 2.24) is 4.98 Å². The fourth-order valence-electron chi connectivity index (χ4n) is 0.960. The Balaban J connectivity index is 0.00000289. The van der Waals surface area contributed by atoms with Crippen molar-refractivity contribution < 1.29 is 9.53 Å². The number of amides is 1. The molecule has 95 valence electrons. The number of ether oxygens (including phenoxy) is 1. The molecular formula is C10H12Cl2N2NaO2S. The van der Waals surface area contributed by atoms with E-state index in [2.05, 4.69) is 22.9 Å². The molecule has 1 radical (unpaired) electrons. The summed E-state index contributed by atoms with van der Waals surface area (Å²) in [6.45, 7) is 5.30. The van der Waals surface area contributed by atoms with Crippen LogP contribution >= 0.6 is 35.8 Å². The summed E-state index contributed by atoms with van der Waals surface area (Å²) in [4.78, 5) is 15.7. The second kappa shape index (κ2) is 7.22. The average molecular weight is 318 g/mol. The first-order valence-corrected chi connectivity index (χ1v) is 5.94. The fourth-order valence-corrected chi connectivity index (χ4v) is 1.54. The molecule has 4 nitrogen and oxygen atoms in total. The number of anilines is 1. The number of carbonyl (C=O) groups is 1. The van der Waals surface area contributed by atoms with Gasteiger partial charge in [0, 0.05) is 29.6 Å². The molecule has 0 aliphatic heterocycles. The number of nitrogens with zero attached hydrogens (tertiary/aromatic N) is 1. The number of aromatic nitrogens is 1. The van der Waals surface area contributed by atoms with Gasteiger partial charge in [0.15, 0.2) is 0 Å². The molecule has 0 aromatic carbocycles. The monoisotopic (exact) mass is 317 g/mol. The summed E-state index contributed by atoms with van der Waals surface area (Å²) in [5.41, 5.74) is -0.234. The van der Waals surface area contributed by atoms with Crippen LogP contribution in [0.3, 0.4) is 0 Å². The van der Waals surface area contributed by atoms with Gasteiger partial charge < -0.3 is 4.74 Å². The molecule has 1 heterocycles. The van der Waals surface area contributed by atoms with E-state index in [-0.39, 0.29) is 39.7 Å². The Morgan fingerprint density at radius 3 is 2.50 bits per heavy atom. The van der Waals surface area contributed by atoms with Gasteiger partial charge in [0.25, 0.3) is 0 Å². The molecule has 0 saturated heterocycles. The van der Waals surface area contributed by atoms with Crippen LogP contribution in [0.4, 0.5) is 10.5 Å². The van der Waals surface area contributed by atoms with Crippen LogP contribution in [-0.4, -0.2) is 46.2 Å². The predicted octanol–water partition coefficient (Wildman–Crippen LogP) is 3.64. The zero-order chi connectivity index (χ0) is 13.2.